The summed E-state index contributed by atoms with van der Waals surface area (Å²) in [5.74, 6) is 0.925. The van der Waals surface area contributed by atoms with Gasteiger partial charge in [0.25, 0.3) is 0 Å². The number of amides is 1. The van der Waals surface area contributed by atoms with Gasteiger partial charge in [0.2, 0.25) is 0 Å². The SMILES string of the molecule is CCOC(=O)NCC1CCc2ccccc2O1. The van der Waals surface area contributed by atoms with E-state index in [-0.39, 0.29) is 12.2 Å². The van der Waals surface area contributed by atoms with Crippen LogP contribution < -0.4 is 10.1 Å². The molecule has 0 fully saturated rings. The maximum absolute atomic E-state index is 11.1. The predicted octanol–water partition coefficient (Wildman–Crippen LogP) is 2.13. The molecule has 1 N–H and O–H groups in total. The minimum Gasteiger partial charge on any atom is -0.488 e. The fraction of sp³-hybridized carbons (Fsp3) is 0.462. The van der Waals surface area contributed by atoms with Crippen molar-refractivity contribution in [3.05, 3.63) is 29.8 Å². The van der Waals surface area contributed by atoms with Crippen molar-refractivity contribution in [2.24, 2.45) is 0 Å². The van der Waals surface area contributed by atoms with Gasteiger partial charge < -0.3 is 14.8 Å². The van der Waals surface area contributed by atoms with Crippen LogP contribution in [0.4, 0.5) is 4.79 Å². The Bertz CT molecular complexity index is 392. The third-order valence-electron chi connectivity index (χ3n) is 2.75. The topological polar surface area (TPSA) is 47.6 Å². The van der Waals surface area contributed by atoms with Crippen LogP contribution in [0.1, 0.15) is 18.9 Å². The van der Waals surface area contributed by atoms with E-state index in [1.165, 1.54) is 5.56 Å². The lowest BCUT2D eigenvalue weighted by molar-refractivity contribution is 0.135. The van der Waals surface area contributed by atoms with E-state index in [2.05, 4.69) is 11.4 Å². The fourth-order valence-electron chi connectivity index (χ4n) is 1.90. The maximum atomic E-state index is 11.1. The van der Waals surface area contributed by atoms with Gasteiger partial charge in [-0.2, -0.15) is 0 Å². The molecule has 1 unspecified atom stereocenters. The van der Waals surface area contributed by atoms with Gasteiger partial charge in [0.1, 0.15) is 11.9 Å². The molecule has 2 rings (SSSR count). The summed E-state index contributed by atoms with van der Waals surface area (Å²) in [5, 5.41) is 2.70. The van der Waals surface area contributed by atoms with E-state index in [1.54, 1.807) is 6.92 Å². The second-order valence-corrected chi connectivity index (χ2v) is 3.99. The number of aryl methyl sites for hydroxylation is 1. The average molecular weight is 235 g/mol. The third-order valence-corrected chi connectivity index (χ3v) is 2.75. The molecular weight excluding hydrogens is 218 g/mol. The van der Waals surface area contributed by atoms with Crippen molar-refractivity contribution in [1.29, 1.82) is 0 Å². The van der Waals surface area contributed by atoms with Crippen molar-refractivity contribution in [2.75, 3.05) is 13.2 Å². The van der Waals surface area contributed by atoms with E-state index in [1.807, 2.05) is 18.2 Å². The second kappa shape index (κ2) is 5.57. The van der Waals surface area contributed by atoms with Crippen LogP contribution in [0.2, 0.25) is 0 Å². The molecule has 0 spiro atoms. The van der Waals surface area contributed by atoms with E-state index in [0.717, 1.165) is 18.6 Å². The summed E-state index contributed by atoms with van der Waals surface area (Å²) in [6, 6.07) is 8.01. The van der Waals surface area contributed by atoms with Gasteiger partial charge in [-0.3, -0.25) is 0 Å². The number of ether oxygens (including phenoxy) is 2. The molecule has 0 aromatic heterocycles. The van der Waals surface area contributed by atoms with E-state index < -0.39 is 0 Å². The molecule has 1 aliphatic heterocycles. The number of hydrogen-bond acceptors (Lipinski definition) is 3. The van der Waals surface area contributed by atoms with Crippen LogP contribution in [0.25, 0.3) is 0 Å². The quantitative estimate of drug-likeness (QED) is 0.873. The zero-order valence-corrected chi connectivity index (χ0v) is 9.94. The molecule has 1 atom stereocenters. The highest BCUT2D eigenvalue weighted by Crippen LogP contribution is 2.26. The first-order chi connectivity index (χ1) is 8.29. The monoisotopic (exact) mass is 235 g/mol. The molecule has 4 heteroatoms. The molecule has 0 saturated carbocycles. The molecule has 17 heavy (non-hydrogen) atoms. The van der Waals surface area contributed by atoms with Crippen LogP contribution in [0.15, 0.2) is 24.3 Å². The molecule has 1 heterocycles. The van der Waals surface area contributed by atoms with E-state index in [4.69, 9.17) is 9.47 Å². The minimum atomic E-state index is -0.380. The lowest BCUT2D eigenvalue weighted by Crippen LogP contribution is -2.37. The molecule has 0 radical (unpaired) electrons. The van der Waals surface area contributed by atoms with Crippen molar-refractivity contribution in [2.45, 2.75) is 25.9 Å². The average Bonchev–Trinajstić information content (AvgIpc) is 2.36. The van der Waals surface area contributed by atoms with Crippen LogP contribution in [-0.2, 0) is 11.2 Å². The first kappa shape index (κ1) is 11.8. The Morgan fingerprint density at radius 3 is 3.18 bits per heavy atom. The highest BCUT2D eigenvalue weighted by Gasteiger charge is 2.19. The van der Waals surface area contributed by atoms with Crippen LogP contribution in [-0.4, -0.2) is 25.3 Å². The largest absolute Gasteiger partial charge is 0.488 e. The highest BCUT2D eigenvalue weighted by molar-refractivity contribution is 5.67. The Kier molecular flexibility index (Phi) is 3.85. The normalized spacial score (nSPS) is 17.8. The maximum Gasteiger partial charge on any atom is 0.407 e. The Morgan fingerprint density at radius 1 is 1.53 bits per heavy atom. The summed E-state index contributed by atoms with van der Waals surface area (Å²) in [6.45, 7) is 2.67. The first-order valence-electron chi connectivity index (χ1n) is 5.94. The number of carbonyl (C=O) groups excluding carboxylic acids is 1. The van der Waals surface area contributed by atoms with Crippen molar-refractivity contribution >= 4 is 6.09 Å². The lowest BCUT2D eigenvalue weighted by Gasteiger charge is -2.26. The molecular formula is C13H17NO3. The Balaban J connectivity index is 1.84. The van der Waals surface area contributed by atoms with Crippen LogP contribution in [0, 0.1) is 0 Å². The van der Waals surface area contributed by atoms with Gasteiger partial charge in [-0.15, -0.1) is 0 Å². The van der Waals surface area contributed by atoms with Crippen molar-refractivity contribution in [3.63, 3.8) is 0 Å². The van der Waals surface area contributed by atoms with Gasteiger partial charge in [0, 0.05) is 0 Å². The number of hydrogen-bond donors (Lipinski definition) is 1. The summed E-state index contributed by atoms with van der Waals surface area (Å²) < 4.78 is 10.6. The number of benzene rings is 1. The van der Waals surface area contributed by atoms with E-state index in [0.29, 0.717) is 13.2 Å². The van der Waals surface area contributed by atoms with Gasteiger partial charge >= 0.3 is 6.09 Å². The van der Waals surface area contributed by atoms with Gasteiger partial charge in [-0.25, -0.2) is 4.79 Å². The zero-order chi connectivity index (χ0) is 12.1. The molecule has 1 aromatic rings. The van der Waals surface area contributed by atoms with Gasteiger partial charge in [-0.1, -0.05) is 18.2 Å². The molecule has 1 aromatic carbocycles. The van der Waals surface area contributed by atoms with Crippen LogP contribution in [0.3, 0.4) is 0 Å². The smallest absolute Gasteiger partial charge is 0.407 e. The van der Waals surface area contributed by atoms with Gasteiger partial charge in [-0.05, 0) is 31.4 Å². The number of fused-ring (bicyclic) bond motifs is 1. The Labute approximate surface area is 101 Å². The van der Waals surface area contributed by atoms with Crippen molar-refractivity contribution < 1.29 is 14.3 Å². The second-order valence-electron chi connectivity index (χ2n) is 3.99. The van der Waals surface area contributed by atoms with Gasteiger partial charge in [0.05, 0.1) is 13.2 Å². The van der Waals surface area contributed by atoms with Crippen LogP contribution >= 0.6 is 0 Å². The number of carbonyl (C=O) groups is 1. The number of alkyl carbamates (subject to hydrolysis) is 1. The zero-order valence-electron chi connectivity index (χ0n) is 9.94. The van der Waals surface area contributed by atoms with Crippen molar-refractivity contribution in [3.8, 4) is 5.75 Å². The van der Waals surface area contributed by atoms with Gasteiger partial charge in [0.15, 0.2) is 0 Å². The molecule has 0 bridgehead atoms. The number of nitrogens with one attached hydrogen (secondary N) is 1. The van der Waals surface area contributed by atoms with E-state index in [9.17, 15) is 4.79 Å². The summed E-state index contributed by atoms with van der Waals surface area (Å²) >= 11 is 0. The predicted molar refractivity (Wildman–Crippen MR) is 64.2 cm³/mol. The third kappa shape index (κ3) is 3.12. The number of para-hydroxylation sites is 1. The standard InChI is InChI=1S/C13H17NO3/c1-2-16-13(15)14-9-11-8-7-10-5-3-4-6-12(10)17-11/h3-6,11H,2,7-9H2,1H3,(H,14,15). The highest BCUT2D eigenvalue weighted by atomic mass is 16.5. The van der Waals surface area contributed by atoms with E-state index >= 15 is 0 Å². The minimum absolute atomic E-state index is 0.0364. The summed E-state index contributed by atoms with van der Waals surface area (Å²) in [4.78, 5) is 11.1. The Morgan fingerprint density at radius 2 is 2.35 bits per heavy atom. The van der Waals surface area contributed by atoms with Crippen molar-refractivity contribution in [1.82, 2.24) is 5.32 Å². The molecule has 4 nitrogen and oxygen atoms in total. The summed E-state index contributed by atoms with van der Waals surface area (Å²) in [7, 11) is 0. The Hall–Kier alpha value is -1.71. The molecule has 92 valence electrons. The number of rotatable bonds is 3. The van der Waals surface area contributed by atoms with Crippen LogP contribution in [0.5, 0.6) is 5.75 Å². The lowest BCUT2D eigenvalue weighted by atomic mass is 10.0. The molecule has 1 aliphatic rings. The first-order valence-corrected chi connectivity index (χ1v) is 5.94. The summed E-state index contributed by atoms with van der Waals surface area (Å²) in [5.41, 5.74) is 1.24. The molecule has 0 aliphatic carbocycles. The fourth-order valence-corrected chi connectivity index (χ4v) is 1.90. The molecule has 1 amide bonds. The molecule has 0 saturated heterocycles. The summed E-state index contributed by atoms with van der Waals surface area (Å²) in [6.07, 6.45) is 1.57.